The average molecular weight is 298 g/mol. The topological polar surface area (TPSA) is 52.3 Å². The highest BCUT2D eigenvalue weighted by Crippen LogP contribution is 2.35. The van der Waals surface area contributed by atoms with Crippen molar-refractivity contribution in [2.75, 3.05) is 7.11 Å². The molecule has 22 heavy (non-hydrogen) atoms. The van der Waals surface area contributed by atoms with E-state index in [1.165, 1.54) is 25.7 Å². The third kappa shape index (κ3) is 2.03. The number of halogens is 1. The summed E-state index contributed by atoms with van der Waals surface area (Å²) < 4.78 is 20.4. The summed E-state index contributed by atoms with van der Waals surface area (Å²) in [5.74, 6) is 1.97. The van der Waals surface area contributed by atoms with E-state index in [2.05, 4.69) is 15.1 Å². The van der Waals surface area contributed by atoms with Gasteiger partial charge in [0.05, 0.1) is 12.8 Å². The molecule has 112 valence electrons. The van der Waals surface area contributed by atoms with E-state index in [1.807, 2.05) is 6.07 Å². The number of ether oxygens (including phenoxy) is 1. The Morgan fingerprint density at radius 1 is 1.27 bits per heavy atom. The van der Waals surface area contributed by atoms with Gasteiger partial charge in [0.2, 0.25) is 0 Å². The number of fused-ring (bicyclic) bond motifs is 1. The van der Waals surface area contributed by atoms with E-state index in [0.717, 1.165) is 29.9 Å². The number of benzene rings is 1. The van der Waals surface area contributed by atoms with Crippen molar-refractivity contribution in [3.63, 3.8) is 0 Å². The smallest absolute Gasteiger partial charge is 0.252 e. The molecule has 0 atom stereocenters. The molecule has 0 aliphatic heterocycles. The molecule has 1 fully saturated rings. The molecule has 1 aliphatic carbocycles. The van der Waals surface area contributed by atoms with Gasteiger partial charge in [-0.25, -0.2) is 9.37 Å². The largest absolute Gasteiger partial charge is 0.496 e. The quantitative estimate of drug-likeness (QED) is 0.745. The summed E-state index contributed by atoms with van der Waals surface area (Å²) in [7, 11) is 1.53. The van der Waals surface area contributed by atoms with E-state index in [9.17, 15) is 4.39 Å². The van der Waals surface area contributed by atoms with Crippen LogP contribution in [0.1, 0.15) is 31.0 Å². The number of hydrogen-bond acceptors (Lipinski definition) is 4. The maximum absolute atomic E-state index is 13.4. The fraction of sp³-hybridized carbons (Fsp3) is 0.312. The molecule has 6 heteroatoms. The predicted octanol–water partition coefficient (Wildman–Crippen LogP) is 3.21. The van der Waals surface area contributed by atoms with Gasteiger partial charge in [-0.1, -0.05) is 6.42 Å². The molecule has 0 unspecified atom stereocenters. The second-order valence-corrected chi connectivity index (χ2v) is 5.48. The molecular formula is C16H15FN4O. The molecule has 0 amide bonds. The van der Waals surface area contributed by atoms with E-state index >= 15 is 0 Å². The third-order valence-corrected chi connectivity index (χ3v) is 4.17. The molecule has 2 heterocycles. The number of rotatable bonds is 3. The van der Waals surface area contributed by atoms with Crippen molar-refractivity contribution in [1.82, 2.24) is 19.6 Å². The molecule has 4 rings (SSSR count). The molecule has 3 aromatic rings. The lowest BCUT2D eigenvalue weighted by Gasteiger charge is -2.21. The molecule has 1 saturated carbocycles. The first kappa shape index (κ1) is 13.2. The van der Waals surface area contributed by atoms with Gasteiger partial charge in [0.1, 0.15) is 11.6 Å². The van der Waals surface area contributed by atoms with Crippen molar-refractivity contribution in [2.24, 2.45) is 0 Å². The van der Waals surface area contributed by atoms with Crippen LogP contribution < -0.4 is 4.74 Å². The van der Waals surface area contributed by atoms with Crippen molar-refractivity contribution in [2.45, 2.75) is 25.2 Å². The van der Waals surface area contributed by atoms with Gasteiger partial charge in [-0.2, -0.15) is 9.50 Å². The van der Waals surface area contributed by atoms with Gasteiger partial charge >= 0.3 is 0 Å². The highest BCUT2D eigenvalue weighted by molar-refractivity contribution is 5.68. The van der Waals surface area contributed by atoms with Gasteiger partial charge in [0.15, 0.2) is 5.82 Å². The van der Waals surface area contributed by atoms with E-state index in [0.29, 0.717) is 17.4 Å². The standard InChI is InChI=1S/C16H15FN4O/c1-22-14-9-11(17)5-6-12(14)13-7-8-18-16-19-15(20-21(13)16)10-3-2-4-10/h5-10H,2-4H2,1H3. The fourth-order valence-electron chi connectivity index (χ4n) is 2.73. The van der Waals surface area contributed by atoms with Crippen LogP contribution in [0.25, 0.3) is 17.0 Å². The number of hydrogen-bond donors (Lipinski definition) is 0. The fourth-order valence-corrected chi connectivity index (χ4v) is 2.73. The minimum atomic E-state index is -0.334. The van der Waals surface area contributed by atoms with Crippen molar-refractivity contribution < 1.29 is 9.13 Å². The van der Waals surface area contributed by atoms with E-state index in [1.54, 1.807) is 16.8 Å². The Morgan fingerprint density at radius 3 is 2.86 bits per heavy atom. The molecule has 0 saturated heterocycles. The minimum absolute atomic E-state index is 0.334. The molecule has 0 N–H and O–H groups in total. The zero-order valence-electron chi connectivity index (χ0n) is 12.2. The molecule has 5 nitrogen and oxygen atoms in total. The van der Waals surface area contributed by atoms with E-state index in [4.69, 9.17) is 4.74 Å². The lowest BCUT2D eigenvalue weighted by molar-refractivity contribution is 0.401. The first-order valence-corrected chi connectivity index (χ1v) is 7.32. The molecule has 1 aromatic carbocycles. The number of nitrogens with zero attached hydrogens (tertiary/aromatic N) is 4. The Labute approximate surface area is 126 Å². The monoisotopic (exact) mass is 298 g/mol. The van der Waals surface area contributed by atoms with Gasteiger partial charge in [-0.05, 0) is 31.0 Å². The number of methoxy groups -OCH3 is 1. The Kier molecular flexibility index (Phi) is 3.03. The summed E-state index contributed by atoms with van der Waals surface area (Å²) in [6.45, 7) is 0. The summed E-state index contributed by atoms with van der Waals surface area (Å²) in [6, 6.07) is 6.30. The van der Waals surface area contributed by atoms with Gasteiger partial charge in [-0.3, -0.25) is 0 Å². The minimum Gasteiger partial charge on any atom is -0.496 e. The van der Waals surface area contributed by atoms with E-state index < -0.39 is 0 Å². The van der Waals surface area contributed by atoms with Crippen LogP contribution in [0.2, 0.25) is 0 Å². The lowest BCUT2D eigenvalue weighted by atomic mass is 9.85. The summed E-state index contributed by atoms with van der Waals surface area (Å²) in [5.41, 5.74) is 1.56. The van der Waals surface area contributed by atoms with Crippen LogP contribution in [0.4, 0.5) is 4.39 Å². The van der Waals surface area contributed by atoms with Gasteiger partial charge < -0.3 is 4.74 Å². The summed E-state index contributed by atoms with van der Waals surface area (Å²) in [6.07, 6.45) is 5.18. The normalized spacial score (nSPS) is 15.0. The average Bonchev–Trinajstić information content (AvgIpc) is 2.88. The zero-order chi connectivity index (χ0) is 15.1. The Balaban J connectivity index is 1.89. The molecule has 0 spiro atoms. The molecule has 0 bridgehead atoms. The SMILES string of the molecule is COc1cc(F)ccc1-c1ccnc2nc(C3CCC3)nn12. The maximum atomic E-state index is 13.4. The predicted molar refractivity (Wildman–Crippen MR) is 79.3 cm³/mol. The van der Waals surface area contributed by atoms with Crippen molar-refractivity contribution >= 4 is 5.78 Å². The van der Waals surface area contributed by atoms with Gasteiger partial charge in [-0.15, -0.1) is 5.10 Å². The summed E-state index contributed by atoms with van der Waals surface area (Å²) in [4.78, 5) is 8.80. The lowest BCUT2D eigenvalue weighted by Crippen LogP contribution is -2.10. The molecular weight excluding hydrogens is 283 g/mol. The Bertz CT molecular complexity index is 841. The molecule has 2 aromatic heterocycles. The zero-order valence-corrected chi connectivity index (χ0v) is 12.2. The highest BCUT2D eigenvalue weighted by atomic mass is 19.1. The van der Waals surface area contributed by atoms with Crippen molar-refractivity contribution in [1.29, 1.82) is 0 Å². The second kappa shape index (κ2) is 5.05. The number of aromatic nitrogens is 4. The first-order valence-electron chi connectivity index (χ1n) is 7.32. The van der Waals surface area contributed by atoms with Crippen LogP contribution in [0, 0.1) is 5.82 Å². The Hall–Kier alpha value is -2.50. The summed E-state index contributed by atoms with van der Waals surface area (Å²) in [5, 5.41) is 4.60. The maximum Gasteiger partial charge on any atom is 0.252 e. The molecule has 0 radical (unpaired) electrons. The van der Waals surface area contributed by atoms with Crippen molar-refractivity contribution in [3.8, 4) is 17.0 Å². The Morgan fingerprint density at radius 2 is 2.14 bits per heavy atom. The van der Waals surface area contributed by atoms with Crippen LogP contribution in [-0.4, -0.2) is 26.7 Å². The van der Waals surface area contributed by atoms with Gasteiger partial charge in [0, 0.05) is 23.7 Å². The first-order chi connectivity index (χ1) is 10.8. The van der Waals surface area contributed by atoms with Gasteiger partial charge in [0.25, 0.3) is 5.78 Å². The van der Waals surface area contributed by atoms with Crippen LogP contribution in [-0.2, 0) is 0 Å². The highest BCUT2D eigenvalue weighted by Gasteiger charge is 2.25. The molecule has 1 aliphatic rings. The van der Waals surface area contributed by atoms with Crippen LogP contribution in [0.15, 0.2) is 30.5 Å². The van der Waals surface area contributed by atoms with Crippen LogP contribution in [0.5, 0.6) is 5.75 Å². The van der Waals surface area contributed by atoms with E-state index in [-0.39, 0.29) is 5.82 Å². The second-order valence-electron chi connectivity index (χ2n) is 5.48. The van der Waals surface area contributed by atoms with Crippen molar-refractivity contribution in [3.05, 3.63) is 42.1 Å². The van der Waals surface area contributed by atoms with Crippen LogP contribution >= 0.6 is 0 Å². The summed E-state index contributed by atoms with van der Waals surface area (Å²) >= 11 is 0. The van der Waals surface area contributed by atoms with Crippen LogP contribution in [0.3, 0.4) is 0 Å². The third-order valence-electron chi connectivity index (χ3n) is 4.17.